The van der Waals surface area contributed by atoms with Gasteiger partial charge in [0.2, 0.25) is 0 Å². The highest BCUT2D eigenvalue weighted by atomic mass is 16.7. The van der Waals surface area contributed by atoms with Gasteiger partial charge in [0.1, 0.15) is 22.9 Å². The third-order valence-electron chi connectivity index (χ3n) is 4.19. The number of aliphatic hydroxyl groups excluding tert-OH is 1. The van der Waals surface area contributed by atoms with Crippen LogP contribution in [0.4, 0.5) is 0 Å². The van der Waals surface area contributed by atoms with Crippen molar-refractivity contribution in [2.24, 2.45) is 0 Å². The average molecular weight is 250 g/mol. The Labute approximate surface area is 100 Å². The van der Waals surface area contributed by atoms with E-state index in [1.807, 2.05) is 0 Å². The van der Waals surface area contributed by atoms with E-state index in [1.165, 1.54) is 34.6 Å². The highest BCUT2D eigenvalue weighted by Gasteiger charge is 2.70. The van der Waals surface area contributed by atoms with Crippen LogP contribution in [0.3, 0.4) is 0 Å². The largest absolute Gasteiger partial charge is 0.391 e. The fraction of sp³-hybridized carbons (Fsp3) is 1.00. The van der Waals surface area contributed by atoms with Crippen molar-refractivity contribution in [3.8, 4) is 0 Å². The van der Waals surface area contributed by atoms with Crippen molar-refractivity contribution in [1.82, 2.24) is 0 Å². The van der Waals surface area contributed by atoms with Crippen LogP contribution in [0.2, 0.25) is 0 Å². The molecule has 0 aromatic heterocycles. The molecule has 17 heavy (non-hydrogen) atoms. The molecule has 6 nitrogen and oxygen atoms in total. The van der Waals surface area contributed by atoms with E-state index in [-0.39, 0.29) is 0 Å². The molecule has 102 valence electrons. The minimum atomic E-state index is -2.10. The van der Waals surface area contributed by atoms with E-state index in [9.17, 15) is 25.5 Å². The van der Waals surface area contributed by atoms with E-state index < -0.39 is 34.8 Å². The molecular weight excluding hydrogens is 228 g/mol. The first-order valence-corrected chi connectivity index (χ1v) is 5.54. The maximum absolute atomic E-state index is 10.3. The van der Waals surface area contributed by atoms with Crippen LogP contribution in [0.25, 0.3) is 0 Å². The van der Waals surface area contributed by atoms with Gasteiger partial charge in [-0.2, -0.15) is 0 Å². The molecule has 6 heteroatoms. The molecule has 0 radical (unpaired) electrons. The van der Waals surface area contributed by atoms with E-state index in [4.69, 9.17) is 4.74 Å². The summed E-state index contributed by atoms with van der Waals surface area (Å²) < 4.78 is 5.15. The molecule has 0 aromatic rings. The quantitative estimate of drug-likeness (QED) is 0.397. The van der Waals surface area contributed by atoms with E-state index in [1.54, 1.807) is 0 Å². The Morgan fingerprint density at radius 3 is 1.71 bits per heavy atom. The van der Waals surface area contributed by atoms with Gasteiger partial charge in [-0.1, -0.05) is 0 Å². The fourth-order valence-electron chi connectivity index (χ4n) is 2.27. The van der Waals surface area contributed by atoms with Gasteiger partial charge in [-0.3, -0.25) is 0 Å². The minimum Gasteiger partial charge on any atom is -0.391 e. The first kappa shape index (κ1) is 14.8. The molecule has 1 aliphatic heterocycles. The van der Waals surface area contributed by atoms with Crippen molar-refractivity contribution >= 4 is 0 Å². The normalized spacial score (nSPS) is 57.9. The predicted octanol–water partition coefficient (Wildman–Crippen LogP) is -1.27. The first-order valence-electron chi connectivity index (χ1n) is 5.54. The molecule has 1 saturated heterocycles. The summed E-state index contributed by atoms with van der Waals surface area (Å²) in [6, 6.07) is 0. The van der Waals surface area contributed by atoms with E-state index in [0.29, 0.717) is 0 Å². The number of rotatable bonds is 1. The van der Waals surface area contributed by atoms with E-state index in [2.05, 4.69) is 0 Å². The third kappa shape index (κ3) is 1.71. The second-order valence-electron chi connectivity index (χ2n) is 5.55. The van der Waals surface area contributed by atoms with Crippen molar-refractivity contribution in [3.63, 3.8) is 0 Å². The molecule has 0 bridgehead atoms. The Morgan fingerprint density at radius 1 is 0.941 bits per heavy atom. The van der Waals surface area contributed by atoms with Gasteiger partial charge in [-0.25, -0.2) is 0 Å². The van der Waals surface area contributed by atoms with Gasteiger partial charge >= 0.3 is 0 Å². The van der Waals surface area contributed by atoms with Gasteiger partial charge in [-0.15, -0.1) is 0 Å². The van der Waals surface area contributed by atoms with Crippen LogP contribution < -0.4 is 0 Å². The standard InChI is InChI=1S/C11H22O6/c1-6(12)7-8(2,13)9(3,14)10(4,15)11(5,16)17-7/h6-7,12-16H,1-5H3/t6?,7-,8-,9+,10+,11-/m1/s1. The average Bonchev–Trinajstić information content (AvgIpc) is 2.11. The summed E-state index contributed by atoms with van der Waals surface area (Å²) in [5.41, 5.74) is -6.09. The molecular formula is C11H22O6. The molecule has 0 spiro atoms. The molecule has 1 unspecified atom stereocenters. The van der Waals surface area contributed by atoms with Gasteiger partial charge in [-0.05, 0) is 34.6 Å². The van der Waals surface area contributed by atoms with Crippen LogP contribution in [0, 0.1) is 0 Å². The SMILES string of the molecule is CC(O)[C@H]1O[C@@](C)(O)[C@@](C)(O)[C@@](C)(O)[C@]1(C)O. The molecule has 0 aliphatic carbocycles. The van der Waals surface area contributed by atoms with Crippen LogP contribution in [-0.2, 0) is 4.74 Å². The molecule has 5 N–H and O–H groups in total. The third-order valence-corrected chi connectivity index (χ3v) is 4.19. The van der Waals surface area contributed by atoms with E-state index in [0.717, 1.165) is 0 Å². The van der Waals surface area contributed by atoms with Gasteiger partial charge < -0.3 is 30.3 Å². The first-order chi connectivity index (χ1) is 7.29. The Balaban J connectivity index is 3.34. The Bertz CT molecular complexity index is 305. The molecule has 1 aliphatic rings. The van der Waals surface area contributed by atoms with Crippen LogP contribution in [0.15, 0.2) is 0 Å². The van der Waals surface area contributed by atoms with E-state index >= 15 is 0 Å². The summed E-state index contributed by atoms with van der Waals surface area (Å²) in [7, 11) is 0. The summed E-state index contributed by atoms with van der Waals surface area (Å²) in [6.45, 7) is 6.14. The maximum atomic E-state index is 10.3. The highest BCUT2D eigenvalue weighted by molar-refractivity contribution is 5.17. The van der Waals surface area contributed by atoms with Gasteiger partial charge in [0.15, 0.2) is 5.79 Å². The number of hydrogen-bond acceptors (Lipinski definition) is 6. The maximum Gasteiger partial charge on any atom is 0.195 e. The highest BCUT2D eigenvalue weighted by Crippen LogP contribution is 2.48. The lowest BCUT2D eigenvalue weighted by Crippen LogP contribution is -2.81. The summed E-state index contributed by atoms with van der Waals surface area (Å²) in [6.07, 6.45) is -2.35. The van der Waals surface area contributed by atoms with Crippen LogP contribution in [0.1, 0.15) is 34.6 Å². The lowest BCUT2D eigenvalue weighted by Gasteiger charge is -2.60. The fourth-order valence-corrected chi connectivity index (χ4v) is 2.27. The van der Waals surface area contributed by atoms with Gasteiger partial charge in [0.25, 0.3) is 0 Å². The van der Waals surface area contributed by atoms with Crippen molar-refractivity contribution in [3.05, 3.63) is 0 Å². The van der Waals surface area contributed by atoms with Crippen molar-refractivity contribution in [2.45, 2.75) is 69.4 Å². The van der Waals surface area contributed by atoms with Gasteiger partial charge in [0, 0.05) is 0 Å². The van der Waals surface area contributed by atoms with Crippen LogP contribution >= 0.6 is 0 Å². The van der Waals surface area contributed by atoms with Crippen LogP contribution in [0.5, 0.6) is 0 Å². The predicted molar refractivity (Wildman–Crippen MR) is 59.0 cm³/mol. The summed E-state index contributed by atoms with van der Waals surface area (Å²) in [5.74, 6) is -2.10. The lowest BCUT2D eigenvalue weighted by atomic mass is 9.64. The molecule has 0 aromatic carbocycles. The van der Waals surface area contributed by atoms with Crippen molar-refractivity contribution in [2.75, 3.05) is 0 Å². The summed E-state index contributed by atoms with van der Waals surface area (Å²) in [4.78, 5) is 0. The molecule has 6 atom stereocenters. The monoisotopic (exact) mass is 250 g/mol. The topological polar surface area (TPSA) is 110 Å². The molecule has 1 fully saturated rings. The van der Waals surface area contributed by atoms with Crippen molar-refractivity contribution in [1.29, 1.82) is 0 Å². The molecule has 0 amide bonds. The Kier molecular flexibility index (Phi) is 3.16. The number of hydrogen-bond donors (Lipinski definition) is 5. The van der Waals surface area contributed by atoms with Crippen LogP contribution in [-0.4, -0.2) is 60.3 Å². The zero-order chi connectivity index (χ0) is 13.9. The second-order valence-corrected chi connectivity index (χ2v) is 5.55. The number of aliphatic hydroxyl groups is 5. The van der Waals surface area contributed by atoms with Gasteiger partial charge in [0.05, 0.1) is 6.10 Å². The second kappa shape index (κ2) is 3.63. The Hall–Kier alpha value is -0.240. The minimum absolute atomic E-state index is 1.13. The lowest BCUT2D eigenvalue weighted by molar-refractivity contribution is -0.428. The zero-order valence-corrected chi connectivity index (χ0v) is 10.8. The molecule has 1 heterocycles. The zero-order valence-electron chi connectivity index (χ0n) is 10.8. The molecule has 0 saturated carbocycles. The summed E-state index contributed by atoms with van der Waals surface area (Å²) >= 11 is 0. The van der Waals surface area contributed by atoms with Crippen molar-refractivity contribution < 1.29 is 30.3 Å². The summed E-state index contributed by atoms with van der Waals surface area (Å²) in [5, 5.41) is 50.4. The molecule has 1 rings (SSSR count). The number of ether oxygens (including phenoxy) is 1. The Morgan fingerprint density at radius 2 is 1.35 bits per heavy atom. The smallest absolute Gasteiger partial charge is 0.195 e.